The summed E-state index contributed by atoms with van der Waals surface area (Å²) in [5, 5.41) is 8.51. The van der Waals surface area contributed by atoms with Crippen LogP contribution in [0.1, 0.15) is 11.1 Å². The summed E-state index contributed by atoms with van der Waals surface area (Å²) >= 11 is 1.37. The highest BCUT2D eigenvalue weighted by molar-refractivity contribution is 8.00. The summed E-state index contributed by atoms with van der Waals surface area (Å²) in [7, 11) is 0. The Morgan fingerprint density at radius 3 is 2.77 bits per heavy atom. The molecule has 3 heteroatoms. The number of aliphatic carboxylic acids is 1. The van der Waals surface area contributed by atoms with E-state index in [1.165, 1.54) is 17.3 Å². The maximum Gasteiger partial charge on any atom is 0.313 e. The van der Waals surface area contributed by atoms with Crippen molar-refractivity contribution in [2.75, 3.05) is 5.75 Å². The van der Waals surface area contributed by atoms with Crippen molar-refractivity contribution in [1.82, 2.24) is 0 Å². The number of rotatable bonds is 3. The van der Waals surface area contributed by atoms with Crippen molar-refractivity contribution in [3.8, 4) is 0 Å². The molecule has 0 fully saturated rings. The first-order valence-electron chi connectivity index (χ1n) is 4.01. The Hall–Kier alpha value is -0.960. The van der Waals surface area contributed by atoms with Crippen LogP contribution in [-0.2, 0) is 4.79 Å². The lowest BCUT2D eigenvalue weighted by atomic mass is 10.2. The van der Waals surface area contributed by atoms with Crippen LogP contribution in [-0.4, -0.2) is 16.8 Å². The predicted octanol–water partition coefficient (Wildman–Crippen LogP) is 2.48. The molecular formula is C10H12O2S. The zero-order chi connectivity index (χ0) is 9.84. The molecule has 0 bridgehead atoms. The van der Waals surface area contributed by atoms with Crippen LogP contribution >= 0.6 is 11.8 Å². The average molecular weight is 196 g/mol. The van der Waals surface area contributed by atoms with E-state index in [0.717, 1.165) is 10.5 Å². The van der Waals surface area contributed by atoms with E-state index in [1.807, 2.05) is 32.0 Å². The number of carboxylic acids is 1. The molecule has 1 rings (SSSR count). The first kappa shape index (κ1) is 10.1. The molecule has 0 amide bonds. The van der Waals surface area contributed by atoms with Crippen molar-refractivity contribution in [1.29, 1.82) is 0 Å². The van der Waals surface area contributed by atoms with Gasteiger partial charge >= 0.3 is 5.97 Å². The molecule has 0 atom stereocenters. The van der Waals surface area contributed by atoms with E-state index >= 15 is 0 Å². The van der Waals surface area contributed by atoms with Gasteiger partial charge in [-0.1, -0.05) is 17.7 Å². The van der Waals surface area contributed by atoms with Crippen molar-refractivity contribution in [2.45, 2.75) is 18.7 Å². The number of hydrogen-bond acceptors (Lipinski definition) is 2. The monoisotopic (exact) mass is 196 g/mol. The van der Waals surface area contributed by atoms with Gasteiger partial charge in [-0.3, -0.25) is 4.79 Å². The minimum atomic E-state index is -0.772. The predicted molar refractivity (Wildman–Crippen MR) is 54.3 cm³/mol. The van der Waals surface area contributed by atoms with Crippen LogP contribution in [0.5, 0.6) is 0 Å². The fourth-order valence-electron chi connectivity index (χ4n) is 1.00. The summed E-state index contributed by atoms with van der Waals surface area (Å²) in [5.74, 6) is -0.643. The van der Waals surface area contributed by atoms with E-state index in [-0.39, 0.29) is 5.75 Å². The fourth-order valence-corrected chi connectivity index (χ4v) is 1.85. The largest absolute Gasteiger partial charge is 0.481 e. The second kappa shape index (κ2) is 4.33. The van der Waals surface area contributed by atoms with E-state index in [4.69, 9.17) is 5.11 Å². The van der Waals surface area contributed by atoms with Gasteiger partial charge in [0.15, 0.2) is 0 Å². The molecule has 13 heavy (non-hydrogen) atoms. The van der Waals surface area contributed by atoms with Gasteiger partial charge in [0.05, 0.1) is 5.75 Å². The fraction of sp³-hybridized carbons (Fsp3) is 0.300. The minimum Gasteiger partial charge on any atom is -0.481 e. The van der Waals surface area contributed by atoms with Crippen LogP contribution in [0, 0.1) is 13.8 Å². The summed E-state index contributed by atoms with van der Waals surface area (Å²) in [5.41, 5.74) is 2.30. The van der Waals surface area contributed by atoms with Gasteiger partial charge in [0.1, 0.15) is 0 Å². The third-order valence-electron chi connectivity index (χ3n) is 1.69. The Labute approximate surface area is 82.0 Å². The molecule has 0 saturated heterocycles. The van der Waals surface area contributed by atoms with Gasteiger partial charge in [-0.05, 0) is 25.5 Å². The van der Waals surface area contributed by atoms with Crippen molar-refractivity contribution >= 4 is 17.7 Å². The molecule has 0 radical (unpaired) electrons. The Kier molecular flexibility index (Phi) is 3.37. The van der Waals surface area contributed by atoms with E-state index in [9.17, 15) is 4.79 Å². The topological polar surface area (TPSA) is 37.3 Å². The van der Waals surface area contributed by atoms with E-state index in [2.05, 4.69) is 0 Å². The SMILES string of the molecule is Cc1ccc(C)c(SCC(=O)O)c1. The Bertz CT molecular complexity index is 321. The first-order valence-corrected chi connectivity index (χ1v) is 5.00. The molecule has 0 aliphatic rings. The van der Waals surface area contributed by atoms with Crippen molar-refractivity contribution in [3.05, 3.63) is 29.3 Å². The molecule has 1 aromatic rings. The quantitative estimate of drug-likeness (QED) is 0.755. The lowest BCUT2D eigenvalue weighted by molar-refractivity contribution is -0.133. The normalized spacial score (nSPS) is 10.0. The maximum absolute atomic E-state index is 10.3. The van der Waals surface area contributed by atoms with Gasteiger partial charge in [0.2, 0.25) is 0 Å². The number of thioether (sulfide) groups is 1. The lowest BCUT2D eigenvalue weighted by Gasteiger charge is -2.04. The third-order valence-corrected chi connectivity index (χ3v) is 2.84. The second-order valence-corrected chi connectivity index (χ2v) is 3.97. The van der Waals surface area contributed by atoms with E-state index < -0.39 is 5.97 Å². The number of carbonyl (C=O) groups is 1. The Morgan fingerprint density at radius 2 is 2.15 bits per heavy atom. The van der Waals surface area contributed by atoms with Crippen LogP contribution in [0.3, 0.4) is 0 Å². The molecule has 0 aromatic heterocycles. The zero-order valence-electron chi connectivity index (χ0n) is 7.70. The van der Waals surface area contributed by atoms with Gasteiger partial charge in [-0.15, -0.1) is 11.8 Å². The minimum absolute atomic E-state index is 0.129. The van der Waals surface area contributed by atoms with Crippen LogP contribution in [0.25, 0.3) is 0 Å². The van der Waals surface area contributed by atoms with Crippen LogP contribution in [0.15, 0.2) is 23.1 Å². The van der Waals surface area contributed by atoms with E-state index in [1.54, 1.807) is 0 Å². The molecule has 1 aromatic carbocycles. The zero-order valence-corrected chi connectivity index (χ0v) is 8.52. The molecule has 1 N–H and O–H groups in total. The van der Waals surface area contributed by atoms with E-state index in [0.29, 0.717) is 0 Å². The molecule has 0 aliphatic heterocycles. The molecule has 0 unspecified atom stereocenters. The maximum atomic E-state index is 10.3. The summed E-state index contributed by atoms with van der Waals surface area (Å²) in [6.45, 7) is 3.99. The summed E-state index contributed by atoms with van der Waals surface area (Å²) in [6, 6.07) is 6.06. The number of aryl methyl sites for hydroxylation is 2. The average Bonchev–Trinajstić information content (AvgIpc) is 2.06. The molecule has 0 aliphatic carbocycles. The number of hydrogen-bond donors (Lipinski definition) is 1. The third kappa shape index (κ3) is 3.11. The van der Waals surface area contributed by atoms with Crippen molar-refractivity contribution in [2.24, 2.45) is 0 Å². The van der Waals surface area contributed by atoms with Gasteiger partial charge in [-0.25, -0.2) is 0 Å². The van der Waals surface area contributed by atoms with Gasteiger partial charge in [0.25, 0.3) is 0 Å². The molecular weight excluding hydrogens is 184 g/mol. The highest BCUT2D eigenvalue weighted by Crippen LogP contribution is 2.22. The summed E-state index contributed by atoms with van der Waals surface area (Å²) in [4.78, 5) is 11.4. The molecule has 70 valence electrons. The smallest absolute Gasteiger partial charge is 0.313 e. The Balaban J connectivity index is 2.75. The summed E-state index contributed by atoms with van der Waals surface area (Å²) in [6.07, 6.45) is 0. The lowest BCUT2D eigenvalue weighted by Crippen LogP contribution is -1.98. The van der Waals surface area contributed by atoms with Gasteiger partial charge in [-0.2, -0.15) is 0 Å². The second-order valence-electron chi connectivity index (χ2n) is 2.95. The van der Waals surface area contributed by atoms with Crippen molar-refractivity contribution in [3.63, 3.8) is 0 Å². The van der Waals surface area contributed by atoms with Gasteiger partial charge in [0, 0.05) is 4.90 Å². The standard InChI is InChI=1S/C10H12O2S/c1-7-3-4-8(2)9(5-7)13-6-10(11)12/h3-5H,6H2,1-2H3,(H,11,12). The molecule has 0 heterocycles. The molecule has 0 spiro atoms. The molecule has 2 nitrogen and oxygen atoms in total. The van der Waals surface area contributed by atoms with Crippen LogP contribution in [0.2, 0.25) is 0 Å². The Morgan fingerprint density at radius 1 is 1.46 bits per heavy atom. The van der Waals surface area contributed by atoms with Crippen LogP contribution in [0.4, 0.5) is 0 Å². The van der Waals surface area contributed by atoms with Gasteiger partial charge < -0.3 is 5.11 Å². The van der Waals surface area contributed by atoms with Crippen LogP contribution < -0.4 is 0 Å². The number of benzene rings is 1. The highest BCUT2D eigenvalue weighted by Gasteiger charge is 2.02. The highest BCUT2D eigenvalue weighted by atomic mass is 32.2. The summed E-state index contributed by atoms with van der Waals surface area (Å²) < 4.78 is 0. The van der Waals surface area contributed by atoms with Crippen molar-refractivity contribution < 1.29 is 9.90 Å². The first-order chi connectivity index (χ1) is 6.09. The molecule has 0 saturated carbocycles. The number of carboxylic acid groups (broad SMARTS) is 1.